The van der Waals surface area contributed by atoms with E-state index in [0.717, 1.165) is 12.1 Å². The summed E-state index contributed by atoms with van der Waals surface area (Å²) in [6, 6.07) is 6.80. The van der Waals surface area contributed by atoms with Gasteiger partial charge in [0.15, 0.2) is 16.8 Å². The number of H-pyrrole nitrogens is 1. The fourth-order valence-corrected chi connectivity index (χ4v) is 2.49. The van der Waals surface area contributed by atoms with Crippen molar-refractivity contribution in [2.24, 2.45) is 0 Å². The van der Waals surface area contributed by atoms with E-state index in [4.69, 9.17) is 4.42 Å². The van der Waals surface area contributed by atoms with Crippen LogP contribution in [0.3, 0.4) is 0 Å². The minimum absolute atomic E-state index is 0.0440. The maximum Gasteiger partial charge on any atom is 0.449 e. The molecule has 4 rings (SSSR count). The highest BCUT2D eigenvalue weighted by Crippen LogP contribution is 2.33. The molecule has 0 aliphatic carbocycles. The molecule has 0 aliphatic heterocycles. The predicted molar refractivity (Wildman–Crippen MR) is 80.3 cm³/mol. The van der Waals surface area contributed by atoms with E-state index in [-0.39, 0.29) is 16.7 Å². The van der Waals surface area contributed by atoms with Crippen LogP contribution in [0.4, 0.5) is 17.6 Å². The van der Waals surface area contributed by atoms with Gasteiger partial charge in [-0.2, -0.15) is 13.2 Å². The highest BCUT2D eigenvalue weighted by molar-refractivity contribution is 6.01. The molecule has 3 aromatic heterocycles. The van der Waals surface area contributed by atoms with Crippen molar-refractivity contribution in [2.75, 3.05) is 0 Å². The standard InChI is InChI=1S/C16H7F4N3O2/c17-8-5-7-10(24)6-11(9-3-1-2-4-21-9)25-14(7)13-12(8)22-15(23-13)16(18,19)20/h1-6H,(H,22,23). The molecule has 1 N–H and O–H groups in total. The number of fused-ring (bicyclic) bond motifs is 3. The summed E-state index contributed by atoms with van der Waals surface area (Å²) in [5, 5.41) is -0.204. The maximum atomic E-state index is 14.1. The number of rotatable bonds is 1. The van der Waals surface area contributed by atoms with Gasteiger partial charge in [0.05, 0.1) is 5.39 Å². The zero-order valence-corrected chi connectivity index (χ0v) is 12.2. The molecule has 4 aromatic rings. The van der Waals surface area contributed by atoms with Crippen LogP contribution in [0, 0.1) is 5.82 Å². The fraction of sp³-hybridized carbons (Fsp3) is 0.0625. The summed E-state index contributed by atoms with van der Waals surface area (Å²) < 4.78 is 58.2. The lowest BCUT2D eigenvalue weighted by atomic mass is 10.1. The normalized spacial score (nSPS) is 12.2. The molecule has 0 unspecified atom stereocenters. The fourth-order valence-electron chi connectivity index (χ4n) is 2.49. The minimum atomic E-state index is -4.79. The second-order valence-corrected chi connectivity index (χ2v) is 5.23. The number of benzene rings is 1. The Morgan fingerprint density at radius 1 is 1.16 bits per heavy atom. The lowest BCUT2D eigenvalue weighted by molar-refractivity contribution is -0.144. The Labute approximate surface area is 135 Å². The number of aromatic amines is 1. The maximum absolute atomic E-state index is 14.1. The van der Waals surface area contributed by atoms with Gasteiger partial charge >= 0.3 is 6.18 Å². The average molecular weight is 349 g/mol. The second kappa shape index (κ2) is 5.13. The first-order valence-corrected chi connectivity index (χ1v) is 6.99. The molecule has 25 heavy (non-hydrogen) atoms. The highest BCUT2D eigenvalue weighted by Gasteiger charge is 2.35. The first-order valence-electron chi connectivity index (χ1n) is 6.99. The summed E-state index contributed by atoms with van der Waals surface area (Å²) in [4.78, 5) is 21.5. The first kappa shape index (κ1) is 15.3. The number of nitrogens with zero attached hydrogens (tertiary/aromatic N) is 2. The molecule has 0 fully saturated rings. The summed E-state index contributed by atoms with van der Waals surface area (Å²) in [6.07, 6.45) is -3.33. The molecule has 0 atom stereocenters. The lowest BCUT2D eigenvalue weighted by Gasteiger charge is -2.03. The first-order chi connectivity index (χ1) is 11.8. The number of hydrogen-bond donors (Lipinski definition) is 1. The molecular weight excluding hydrogens is 342 g/mol. The number of alkyl halides is 3. The summed E-state index contributed by atoms with van der Waals surface area (Å²) in [5.41, 5.74) is -1.43. The van der Waals surface area contributed by atoms with E-state index < -0.39 is 34.3 Å². The zero-order valence-electron chi connectivity index (χ0n) is 12.2. The molecule has 1 aromatic carbocycles. The SMILES string of the molecule is O=c1cc(-c2ccccn2)oc2c1cc(F)c1[nH]c(C(F)(F)F)nc12. The van der Waals surface area contributed by atoms with E-state index in [9.17, 15) is 22.4 Å². The Balaban J connectivity index is 2.10. The monoisotopic (exact) mass is 349 g/mol. The smallest absolute Gasteiger partial charge is 0.449 e. The third-order valence-corrected chi connectivity index (χ3v) is 3.60. The number of imidazole rings is 1. The van der Waals surface area contributed by atoms with Crippen molar-refractivity contribution in [2.45, 2.75) is 6.18 Å². The van der Waals surface area contributed by atoms with Gasteiger partial charge in [-0.1, -0.05) is 6.07 Å². The Bertz CT molecular complexity index is 1160. The van der Waals surface area contributed by atoms with Gasteiger partial charge in [-0.25, -0.2) is 9.37 Å². The molecule has 5 nitrogen and oxygen atoms in total. The zero-order chi connectivity index (χ0) is 17.8. The van der Waals surface area contributed by atoms with Gasteiger partial charge in [0, 0.05) is 12.3 Å². The Morgan fingerprint density at radius 3 is 2.64 bits per heavy atom. The van der Waals surface area contributed by atoms with Gasteiger partial charge in [-0.15, -0.1) is 0 Å². The Morgan fingerprint density at radius 2 is 1.96 bits per heavy atom. The minimum Gasteiger partial charge on any atom is -0.452 e. The van der Waals surface area contributed by atoms with E-state index in [1.807, 2.05) is 4.98 Å². The van der Waals surface area contributed by atoms with Crippen LogP contribution >= 0.6 is 0 Å². The molecule has 0 bridgehead atoms. The van der Waals surface area contributed by atoms with E-state index in [0.29, 0.717) is 5.69 Å². The molecule has 0 saturated carbocycles. The molecule has 3 heterocycles. The van der Waals surface area contributed by atoms with E-state index in [1.54, 1.807) is 18.2 Å². The number of hydrogen-bond acceptors (Lipinski definition) is 4. The highest BCUT2D eigenvalue weighted by atomic mass is 19.4. The van der Waals surface area contributed by atoms with Crippen LogP contribution in [0.15, 0.2) is 45.7 Å². The molecule has 126 valence electrons. The van der Waals surface area contributed by atoms with Crippen molar-refractivity contribution in [3.8, 4) is 11.5 Å². The summed E-state index contributed by atoms with van der Waals surface area (Å²) >= 11 is 0. The van der Waals surface area contributed by atoms with Crippen molar-refractivity contribution < 1.29 is 22.0 Å². The van der Waals surface area contributed by atoms with Crippen molar-refractivity contribution in [1.29, 1.82) is 0 Å². The molecule has 0 saturated heterocycles. The summed E-state index contributed by atoms with van der Waals surface area (Å²) in [7, 11) is 0. The molecule has 0 amide bonds. The van der Waals surface area contributed by atoms with E-state index >= 15 is 0 Å². The third kappa shape index (κ3) is 2.44. The van der Waals surface area contributed by atoms with Crippen molar-refractivity contribution in [3.63, 3.8) is 0 Å². The average Bonchev–Trinajstić information content (AvgIpc) is 3.03. The number of halogens is 4. The predicted octanol–water partition coefficient (Wildman–Crippen LogP) is 3.89. The largest absolute Gasteiger partial charge is 0.452 e. The van der Waals surface area contributed by atoms with Gasteiger partial charge in [-0.05, 0) is 18.2 Å². The molecule has 0 radical (unpaired) electrons. The number of nitrogens with one attached hydrogen (secondary N) is 1. The van der Waals surface area contributed by atoms with E-state index in [1.165, 1.54) is 6.20 Å². The van der Waals surface area contributed by atoms with Crippen molar-refractivity contribution in [3.05, 3.63) is 58.4 Å². The van der Waals surface area contributed by atoms with E-state index in [2.05, 4.69) is 9.97 Å². The Hall–Kier alpha value is -3.23. The lowest BCUT2D eigenvalue weighted by Crippen LogP contribution is -2.06. The van der Waals surface area contributed by atoms with Gasteiger partial charge < -0.3 is 9.40 Å². The van der Waals surface area contributed by atoms with Crippen LogP contribution < -0.4 is 5.43 Å². The Kier molecular flexibility index (Phi) is 3.14. The summed E-state index contributed by atoms with van der Waals surface area (Å²) in [6.45, 7) is 0. The van der Waals surface area contributed by atoms with Gasteiger partial charge in [0.1, 0.15) is 22.5 Å². The van der Waals surface area contributed by atoms with Crippen LogP contribution in [0.25, 0.3) is 33.5 Å². The van der Waals surface area contributed by atoms with Crippen LogP contribution in [-0.2, 0) is 6.18 Å². The van der Waals surface area contributed by atoms with Crippen molar-refractivity contribution >= 4 is 22.0 Å². The van der Waals surface area contributed by atoms with Crippen LogP contribution in [0.2, 0.25) is 0 Å². The molecule has 9 heteroatoms. The molecular formula is C16H7F4N3O2. The van der Waals surface area contributed by atoms with Gasteiger partial charge in [0.25, 0.3) is 0 Å². The molecule has 0 spiro atoms. The topological polar surface area (TPSA) is 71.8 Å². The molecule has 0 aliphatic rings. The second-order valence-electron chi connectivity index (χ2n) is 5.23. The van der Waals surface area contributed by atoms with Crippen molar-refractivity contribution in [1.82, 2.24) is 15.0 Å². The quantitative estimate of drug-likeness (QED) is 0.529. The van der Waals surface area contributed by atoms with Gasteiger partial charge in [-0.3, -0.25) is 9.78 Å². The van der Waals surface area contributed by atoms with Crippen LogP contribution in [-0.4, -0.2) is 15.0 Å². The van der Waals surface area contributed by atoms with Crippen LogP contribution in [0.5, 0.6) is 0 Å². The number of aromatic nitrogens is 3. The third-order valence-electron chi connectivity index (χ3n) is 3.60. The van der Waals surface area contributed by atoms with Crippen LogP contribution in [0.1, 0.15) is 5.82 Å². The number of pyridine rings is 1. The van der Waals surface area contributed by atoms with Gasteiger partial charge in [0.2, 0.25) is 5.82 Å². The summed E-state index contributed by atoms with van der Waals surface area (Å²) in [5.74, 6) is -2.36.